The first kappa shape index (κ1) is 12.2. The van der Waals surface area contributed by atoms with Crippen LogP contribution in [0.5, 0.6) is 0 Å². The van der Waals surface area contributed by atoms with Crippen LogP contribution in [0.15, 0.2) is 24.3 Å². The van der Waals surface area contributed by atoms with E-state index in [0.29, 0.717) is 6.04 Å². The van der Waals surface area contributed by atoms with Crippen molar-refractivity contribution in [2.45, 2.75) is 51.4 Å². The maximum Gasteiger partial charge on any atom is 0.0952 e. The summed E-state index contributed by atoms with van der Waals surface area (Å²) in [6, 6.07) is 9.41. The van der Waals surface area contributed by atoms with Gasteiger partial charge in [0.05, 0.1) is 12.2 Å². The number of benzene rings is 1. The molecule has 98 valence electrons. The van der Waals surface area contributed by atoms with Crippen molar-refractivity contribution in [3.05, 3.63) is 35.4 Å². The summed E-state index contributed by atoms with van der Waals surface area (Å²) in [5, 5.41) is 0. The zero-order valence-electron chi connectivity index (χ0n) is 11.5. The zero-order chi connectivity index (χ0) is 12.6. The van der Waals surface area contributed by atoms with Crippen LogP contribution in [0.1, 0.15) is 44.2 Å². The molecule has 2 aliphatic heterocycles. The van der Waals surface area contributed by atoms with Gasteiger partial charge in [-0.25, -0.2) is 0 Å². The predicted molar refractivity (Wildman–Crippen MR) is 73.5 cm³/mol. The summed E-state index contributed by atoms with van der Waals surface area (Å²) in [4.78, 5) is 2.58. The van der Waals surface area contributed by atoms with E-state index in [4.69, 9.17) is 4.74 Å². The first-order chi connectivity index (χ1) is 8.71. The van der Waals surface area contributed by atoms with E-state index < -0.39 is 0 Å². The van der Waals surface area contributed by atoms with Crippen LogP contribution in [-0.2, 0) is 16.9 Å². The Hall–Kier alpha value is -0.860. The largest absolute Gasteiger partial charge is 0.366 e. The number of nitrogens with zero attached hydrogens (tertiary/aromatic N) is 1. The van der Waals surface area contributed by atoms with Crippen molar-refractivity contribution >= 4 is 0 Å². The van der Waals surface area contributed by atoms with Crippen molar-refractivity contribution < 1.29 is 4.74 Å². The molecule has 0 saturated carbocycles. The molecule has 18 heavy (non-hydrogen) atoms. The second-order valence-corrected chi connectivity index (χ2v) is 5.92. The fraction of sp³-hybridized carbons (Fsp3) is 0.625. The highest BCUT2D eigenvalue weighted by molar-refractivity contribution is 5.35. The topological polar surface area (TPSA) is 12.5 Å². The lowest BCUT2D eigenvalue weighted by Crippen LogP contribution is -2.33. The van der Waals surface area contributed by atoms with Gasteiger partial charge in [0.25, 0.3) is 0 Å². The Morgan fingerprint density at radius 3 is 2.83 bits per heavy atom. The summed E-state index contributed by atoms with van der Waals surface area (Å²) in [6.07, 6.45) is 3.56. The molecule has 3 rings (SSSR count). The van der Waals surface area contributed by atoms with Crippen molar-refractivity contribution in [1.29, 1.82) is 0 Å². The molecule has 1 fully saturated rings. The molecule has 1 atom stereocenters. The number of hydrogen-bond donors (Lipinski definition) is 0. The van der Waals surface area contributed by atoms with Crippen LogP contribution in [0.3, 0.4) is 0 Å². The molecule has 0 N–H and O–H groups in total. The van der Waals surface area contributed by atoms with Crippen molar-refractivity contribution in [1.82, 2.24) is 4.90 Å². The van der Waals surface area contributed by atoms with E-state index in [1.54, 1.807) is 0 Å². The molecule has 0 radical (unpaired) electrons. The Labute approximate surface area is 110 Å². The fourth-order valence-electron chi connectivity index (χ4n) is 3.44. The van der Waals surface area contributed by atoms with Crippen molar-refractivity contribution in [3.63, 3.8) is 0 Å². The average Bonchev–Trinajstić information content (AvgIpc) is 2.58. The molecular weight excluding hydrogens is 222 g/mol. The third-order valence-corrected chi connectivity index (χ3v) is 4.57. The molecule has 2 heteroatoms. The molecule has 2 heterocycles. The minimum atomic E-state index is 0.0141. The van der Waals surface area contributed by atoms with Gasteiger partial charge in [0.2, 0.25) is 0 Å². The number of fused-ring (bicyclic) bond motifs is 2. The average molecular weight is 245 g/mol. The Bertz CT molecular complexity index is 429. The van der Waals surface area contributed by atoms with Crippen LogP contribution in [0.2, 0.25) is 0 Å². The normalized spacial score (nSPS) is 28.6. The number of ether oxygens (including phenoxy) is 1. The first-order valence-corrected chi connectivity index (χ1v) is 7.18. The molecule has 1 saturated heterocycles. The molecule has 1 unspecified atom stereocenters. The molecule has 2 aliphatic rings. The van der Waals surface area contributed by atoms with Gasteiger partial charge in [-0.1, -0.05) is 24.3 Å². The maximum absolute atomic E-state index is 6.23. The standard InChI is InChI=1S/C16H23NO/c1-13(2)17-10-5-8-16(9-11-17)15-7-4-3-6-14(15)12-18-16/h3-4,6-7,13H,5,8-12H2,1-2H3. The number of hydrogen-bond acceptors (Lipinski definition) is 2. The molecule has 2 nitrogen and oxygen atoms in total. The highest BCUT2D eigenvalue weighted by Crippen LogP contribution is 2.44. The molecule has 0 aromatic heterocycles. The van der Waals surface area contributed by atoms with Crippen LogP contribution >= 0.6 is 0 Å². The Kier molecular flexibility index (Phi) is 3.16. The van der Waals surface area contributed by atoms with E-state index in [2.05, 4.69) is 43.0 Å². The van der Waals surface area contributed by atoms with E-state index in [9.17, 15) is 0 Å². The summed E-state index contributed by atoms with van der Waals surface area (Å²) in [5.74, 6) is 0. The summed E-state index contributed by atoms with van der Waals surface area (Å²) < 4.78 is 6.23. The summed E-state index contributed by atoms with van der Waals surface area (Å²) in [5.41, 5.74) is 2.87. The van der Waals surface area contributed by atoms with E-state index >= 15 is 0 Å². The smallest absolute Gasteiger partial charge is 0.0952 e. The van der Waals surface area contributed by atoms with Crippen molar-refractivity contribution in [2.24, 2.45) is 0 Å². The molecule has 0 bridgehead atoms. The van der Waals surface area contributed by atoms with Gasteiger partial charge in [0, 0.05) is 12.6 Å². The van der Waals surface area contributed by atoms with Gasteiger partial charge in [-0.2, -0.15) is 0 Å². The zero-order valence-corrected chi connectivity index (χ0v) is 11.5. The first-order valence-electron chi connectivity index (χ1n) is 7.18. The van der Waals surface area contributed by atoms with Gasteiger partial charge in [-0.15, -0.1) is 0 Å². The molecule has 1 spiro atoms. The summed E-state index contributed by atoms with van der Waals surface area (Å²) in [6.45, 7) is 7.76. The fourth-order valence-corrected chi connectivity index (χ4v) is 3.44. The molecule has 1 aromatic rings. The second-order valence-electron chi connectivity index (χ2n) is 5.92. The van der Waals surface area contributed by atoms with E-state index in [0.717, 1.165) is 19.6 Å². The maximum atomic E-state index is 6.23. The Morgan fingerprint density at radius 1 is 1.17 bits per heavy atom. The van der Waals surface area contributed by atoms with Crippen LogP contribution in [0.25, 0.3) is 0 Å². The van der Waals surface area contributed by atoms with E-state index in [-0.39, 0.29) is 5.60 Å². The Balaban J connectivity index is 1.85. The summed E-state index contributed by atoms with van der Waals surface area (Å²) >= 11 is 0. The third-order valence-electron chi connectivity index (χ3n) is 4.57. The lowest BCUT2D eigenvalue weighted by Gasteiger charge is -2.29. The van der Waals surface area contributed by atoms with Gasteiger partial charge in [0.1, 0.15) is 0 Å². The van der Waals surface area contributed by atoms with Gasteiger partial charge in [-0.3, -0.25) is 0 Å². The number of rotatable bonds is 1. The SMILES string of the molecule is CC(C)N1CCCC2(CC1)OCc1ccccc12. The van der Waals surface area contributed by atoms with Crippen LogP contribution < -0.4 is 0 Å². The molecule has 0 amide bonds. The highest BCUT2D eigenvalue weighted by atomic mass is 16.5. The highest BCUT2D eigenvalue weighted by Gasteiger charge is 2.40. The predicted octanol–water partition coefficient (Wildman–Crippen LogP) is 3.31. The van der Waals surface area contributed by atoms with Gasteiger partial charge < -0.3 is 9.64 Å². The quantitative estimate of drug-likeness (QED) is 0.752. The van der Waals surface area contributed by atoms with Gasteiger partial charge in [-0.05, 0) is 50.8 Å². The monoisotopic (exact) mass is 245 g/mol. The summed E-state index contributed by atoms with van der Waals surface area (Å²) in [7, 11) is 0. The van der Waals surface area contributed by atoms with E-state index in [1.807, 2.05) is 0 Å². The lowest BCUT2D eigenvalue weighted by atomic mass is 9.86. The molecular formula is C16H23NO. The van der Waals surface area contributed by atoms with Crippen molar-refractivity contribution in [3.8, 4) is 0 Å². The van der Waals surface area contributed by atoms with E-state index in [1.165, 1.54) is 30.5 Å². The minimum Gasteiger partial charge on any atom is -0.366 e. The lowest BCUT2D eigenvalue weighted by molar-refractivity contribution is -0.0489. The molecule has 0 aliphatic carbocycles. The second kappa shape index (κ2) is 4.67. The Morgan fingerprint density at radius 2 is 2.00 bits per heavy atom. The van der Waals surface area contributed by atoms with Gasteiger partial charge in [0.15, 0.2) is 0 Å². The van der Waals surface area contributed by atoms with Gasteiger partial charge >= 0.3 is 0 Å². The molecule has 1 aromatic carbocycles. The van der Waals surface area contributed by atoms with Crippen LogP contribution in [0, 0.1) is 0 Å². The third kappa shape index (κ3) is 1.98. The van der Waals surface area contributed by atoms with Crippen LogP contribution in [-0.4, -0.2) is 24.0 Å². The number of likely N-dealkylation sites (tertiary alicyclic amines) is 1. The van der Waals surface area contributed by atoms with Crippen molar-refractivity contribution in [2.75, 3.05) is 13.1 Å². The van der Waals surface area contributed by atoms with Crippen LogP contribution in [0.4, 0.5) is 0 Å². The minimum absolute atomic E-state index is 0.0141.